The molecule has 0 aromatic heterocycles. The van der Waals surface area contributed by atoms with Crippen molar-refractivity contribution in [3.63, 3.8) is 0 Å². The number of carbonyl (C=O) groups is 1. The van der Waals surface area contributed by atoms with Gasteiger partial charge in [-0.05, 0) is 30.6 Å². The van der Waals surface area contributed by atoms with E-state index in [0.717, 1.165) is 12.2 Å². The van der Waals surface area contributed by atoms with E-state index in [2.05, 4.69) is 6.26 Å². The molecule has 0 aromatic rings. The van der Waals surface area contributed by atoms with Gasteiger partial charge in [0, 0.05) is 12.2 Å². The van der Waals surface area contributed by atoms with Gasteiger partial charge in [-0.3, -0.25) is 4.79 Å². The molecule has 1 saturated heterocycles. The number of rotatable bonds is 3. The number of hydrogen-bond acceptors (Lipinski definition) is 1. The van der Waals surface area contributed by atoms with Crippen LogP contribution in [0, 0.1) is 0 Å². The zero-order chi connectivity index (χ0) is 8.32. The highest BCUT2D eigenvalue weighted by Gasteiger charge is 2.24. The smallest absolute Gasteiger partial charge is 0.140 e. The summed E-state index contributed by atoms with van der Waals surface area (Å²) in [6, 6.07) is 0. The van der Waals surface area contributed by atoms with Crippen LogP contribution in [0.2, 0.25) is 0 Å². The van der Waals surface area contributed by atoms with Crippen LogP contribution in [-0.2, 0) is 4.79 Å². The summed E-state index contributed by atoms with van der Waals surface area (Å²) in [5, 5.41) is 0. The van der Waals surface area contributed by atoms with E-state index in [9.17, 15) is 4.79 Å². The largest absolute Gasteiger partial charge is 0.299 e. The van der Waals surface area contributed by atoms with Crippen LogP contribution in [0.1, 0.15) is 26.2 Å². The predicted molar refractivity (Wildman–Crippen MR) is 52.6 cm³/mol. The first-order valence-corrected chi connectivity index (χ1v) is 6.94. The molecular formula is C9H18OS. The van der Waals surface area contributed by atoms with Gasteiger partial charge < -0.3 is 0 Å². The van der Waals surface area contributed by atoms with Crippen molar-refractivity contribution in [1.29, 1.82) is 0 Å². The number of Topliss-reactive ketones (excluding diaryl/α,β-unsaturated/α-hetero) is 1. The van der Waals surface area contributed by atoms with Crippen LogP contribution in [-0.4, -0.2) is 29.3 Å². The summed E-state index contributed by atoms with van der Waals surface area (Å²) in [6.45, 7) is 1.97. The SMILES string of the molecule is CCC(=O)CS1(C)CCCC1. The second kappa shape index (κ2) is 3.61. The molecule has 0 amide bonds. The number of hydrogen-bond donors (Lipinski definition) is 0. The minimum atomic E-state index is -0.465. The number of carbonyl (C=O) groups excluding carboxylic acids is 1. The minimum absolute atomic E-state index is 0.465. The van der Waals surface area contributed by atoms with Gasteiger partial charge in [0.15, 0.2) is 0 Å². The van der Waals surface area contributed by atoms with E-state index < -0.39 is 10.0 Å². The third-order valence-corrected chi connectivity index (χ3v) is 6.00. The molecule has 0 N–H and O–H groups in total. The fourth-order valence-electron chi connectivity index (χ4n) is 1.64. The third kappa shape index (κ3) is 2.51. The highest BCUT2D eigenvalue weighted by Crippen LogP contribution is 2.50. The summed E-state index contributed by atoms with van der Waals surface area (Å²) in [4.78, 5) is 11.2. The lowest BCUT2D eigenvalue weighted by Gasteiger charge is -2.29. The molecule has 1 fully saturated rings. The molecule has 1 heterocycles. The molecule has 1 aliphatic rings. The highest BCUT2D eigenvalue weighted by molar-refractivity contribution is 8.33. The van der Waals surface area contributed by atoms with Crippen LogP contribution >= 0.6 is 10.0 Å². The molecule has 11 heavy (non-hydrogen) atoms. The first-order chi connectivity index (χ1) is 5.16. The van der Waals surface area contributed by atoms with E-state index >= 15 is 0 Å². The second-order valence-electron chi connectivity index (χ2n) is 3.63. The monoisotopic (exact) mass is 174 g/mol. The summed E-state index contributed by atoms with van der Waals surface area (Å²) in [7, 11) is -0.465. The van der Waals surface area contributed by atoms with Crippen molar-refractivity contribution in [3.05, 3.63) is 0 Å². The molecule has 1 aliphatic heterocycles. The molecule has 0 aliphatic carbocycles. The van der Waals surface area contributed by atoms with E-state index in [4.69, 9.17) is 0 Å². The molecule has 0 unspecified atom stereocenters. The first kappa shape index (κ1) is 9.11. The summed E-state index contributed by atoms with van der Waals surface area (Å²) < 4.78 is 0. The van der Waals surface area contributed by atoms with Crippen molar-refractivity contribution >= 4 is 15.8 Å². The molecular weight excluding hydrogens is 156 g/mol. The van der Waals surface area contributed by atoms with Gasteiger partial charge in [-0.15, -0.1) is 0 Å². The standard InChI is InChI=1S/C9H18OS/c1-3-9(10)8-11(2)6-4-5-7-11/h3-8H2,1-2H3. The third-order valence-electron chi connectivity index (χ3n) is 2.43. The Balaban J connectivity index is 2.39. The van der Waals surface area contributed by atoms with Crippen molar-refractivity contribution in [1.82, 2.24) is 0 Å². The number of ketones is 1. The first-order valence-electron chi connectivity index (χ1n) is 4.39. The second-order valence-corrected chi connectivity index (χ2v) is 7.69. The maximum Gasteiger partial charge on any atom is 0.140 e. The van der Waals surface area contributed by atoms with Crippen LogP contribution in [0.25, 0.3) is 0 Å². The fourth-order valence-corrected chi connectivity index (χ4v) is 4.91. The average Bonchev–Trinajstić information content (AvgIpc) is 2.36. The van der Waals surface area contributed by atoms with Gasteiger partial charge in [-0.2, -0.15) is 0 Å². The van der Waals surface area contributed by atoms with E-state index in [-0.39, 0.29) is 0 Å². The van der Waals surface area contributed by atoms with Gasteiger partial charge in [0.2, 0.25) is 0 Å². The molecule has 0 spiro atoms. The van der Waals surface area contributed by atoms with Gasteiger partial charge in [0.05, 0.1) is 0 Å². The molecule has 66 valence electrons. The topological polar surface area (TPSA) is 17.1 Å². The van der Waals surface area contributed by atoms with Crippen LogP contribution < -0.4 is 0 Å². The fraction of sp³-hybridized carbons (Fsp3) is 0.889. The lowest BCUT2D eigenvalue weighted by atomic mass is 10.4. The quantitative estimate of drug-likeness (QED) is 0.641. The molecule has 1 rings (SSSR count). The molecule has 0 aromatic carbocycles. The Morgan fingerprint density at radius 3 is 2.36 bits per heavy atom. The maximum absolute atomic E-state index is 11.2. The lowest BCUT2D eigenvalue weighted by Crippen LogP contribution is -2.13. The van der Waals surface area contributed by atoms with Crippen LogP contribution in [0.4, 0.5) is 0 Å². The summed E-state index contributed by atoms with van der Waals surface area (Å²) in [6.07, 6.45) is 5.81. The van der Waals surface area contributed by atoms with Gasteiger partial charge >= 0.3 is 0 Å². The van der Waals surface area contributed by atoms with Crippen molar-refractivity contribution in [2.24, 2.45) is 0 Å². The lowest BCUT2D eigenvalue weighted by molar-refractivity contribution is -0.116. The van der Waals surface area contributed by atoms with E-state index in [0.29, 0.717) is 5.78 Å². The van der Waals surface area contributed by atoms with E-state index in [1.165, 1.54) is 24.3 Å². The molecule has 0 saturated carbocycles. The molecule has 0 radical (unpaired) electrons. The van der Waals surface area contributed by atoms with Gasteiger partial charge in [-0.25, -0.2) is 10.0 Å². The summed E-state index contributed by atoms with van der Waals surface area (Å²) in [5.74, 6) is 4.07. The maximum atomic E-state index is 11.2. The Hall–Kier alpha value is 0.0200. The van der Waals surface area contributed by atoms with Crippen LogP contribution in [0.15, 0.2) is 0 Å². The minimum Gasteiger partial charge on any atom is -0.299 e. The summed E-state index contributed by atoms with van der Waals surface area (Å²) in [5.41, 5.74) is 0. The van der Waals surface area contributed by atoms with Crippen molar-refractivity contribution < 1.29 is 4.79 Å². The summed E-state index contributed by atoms with van der Waals surface area (Å²) >= 11 is 0. The van der Waals surface area contributed by atoms with Crippen LogP contribution in [0.5, 0.6) is 0 Å². The average molecular weight is 174 g/mol. The predicted octanol–water partition coefficient (Wildman–Crippen LogP) is 2.19. The zero-order valence-corrected chi connectivity index (χ0v) is 8.38. The van der Waals surface area contributed by atoms with Crippen molar-refractivity contribution in [2.45, 2.75) is 26.2 Å². The Labute approximate surface area is 70.9 Å². The molecule has 2 heteroatoms. The van der Waals surface area contributed by atoms with Gasteiger partial charge in [-0.1, -0.05) is 6.92 Å². The van der Waals surface area contributed by atoms with Gasteiger partial charge in [0.1, 0.15) is 5.78 Å². The zero-order valence-electron chi connectivity index (χ0n) is 7.56. The van der Waals surface area contributed by atoms with Crippen molar-refractivity contribution in [2.75, 3.05) is 23.5 Å². The van der Waals surface area contributed by atoms with Gasteiger partial charge in [0.25, 0.3) is 0 Å². The molecule has 0 bridgehead atoms. The van der Waals surface area contributed by atoms with Crippen LogP contribution in [0.3, 0.4) is 0 Å². The molecule has 1 nitrogen and oxygen atoms in total. The van der Waals surface area contributed by atoms with E-state index in [1.807, 2.05) is 6.92 Å². The Morgan fingerprint density at radius 1 is 1.36 bits per heavy atom. The van der Waals surface area contributed by atoms with E-state index in [1.54, 1.807) is 0 Å². The molecule has 0 atom stereocenters. The Bertz CT molecular complexity index is 148. The van der Waals surface area contributed by atoms with Crippen molar-refractivity contribution in [3.8, 4) is 0 Å². The highest BCUT2D eigenvalue weighted by atomic mass is 32.3. The Morgan fingerprint density at radius 2 is 1.91 bits per heavy atom. The normalized spacial score (nSPS) is 24.9. The Kier molecular flexibility index (Phi) is 2.99.